The first-order chi connectivity index (χ1) is 9.13. The molecule has 0 fully saturated rings. The van der Waals surface area contributed by atoms with Gasteiger partial charge in [0.05, 0.1) is 11.6 Å². The lowest BCUT2D eigenvalue weighted by Crippen LogP contribution is -2.18. The second-order valence-electron chi connectivity index (χ2n) is 3.90. The molecule has 19 heavy (non-hydrogen) atoms. The maximum absolute atomic E-state index is 13.8. The summed E-state index contributed by atoms with van der Waals surface area (Å²) in [6.45, 7) is 3.17. The summed E-state index contributed by atoms with van der Waals surface area (Å²) in [5.41, 5.74) is -0.0543. The van der Waals surface area contributed by atoms with Crippen molar-refractivity contribution in [2.45, 2.75) is 19.9 Å². The number of hydrogen-bond acceptors (Lipinski definition) is 4. The highest BCUT2D eigenvalue weighted by atomic mass is 35.5. The largest absolute Gasteiger partial charge is 0.310 e. The number of aromatic nitrogens is 4. The molecule has 102 valence electrons. The monoisotopic (exact) mass is 287 g/mol. The maximum Gasteiger partial charge on any atom is 0.170 e. The number of hydrogen-bond donors (Lipinski definition) is 1. The molecule has 2 rings (SSSR count). The van der Waals surface area contributed by atoms with E-state index in [1.54, 1.807) is 0 Å². The van der Waals surface area contributed by atoms with Crippen molar-refractivity contribution in [2.24, 2.45) is 0 Å². The van der Waals surface area contributed by atoms with Gasteiger partial charge < -0.3 is 5.32 Å². The highest BCUT2D eigenvalue weighted by Crippen LogP contribution is 2.24. The molecule has 1 aromatic carbocycles. The summed E-state index contributed by atoms with van der Waals surface area (Å²) in [5.74, 6) is -1.15. The van der Waals surface area contributed by atoms with Crippen LogP contribution in [0.1, 0.15) is 19.2 Å². The van der Waals surface area contributed by atoms with Gasteiger partial charge in [-0.2, -0.15) is 4.68 Å². The smallest absolute Gasteiger partial charge is 0.170 e. The van der Waals surface area contributed by atoms with Gasteiger partial charge in [0.15, 0.2) is 11.6 Å². The van der Waals surface area contributed by atoms with Crippen molar-refractivity contribution in [3.63, 3.8) is 0 Å². The first-order valence-corrected chi connectivity index (χ1v) is 6.14. The van der Waals surface area contributed by atoms with E-state index in [-0.39, 0.29) is 10.7 Å². The van der Waals surface area contributed by atoms with E-state index in [1.165, 1.54) is 4.68 Å². The van der Waals surface area contributed by atoms with Crippen LogP contribution in [0, 0.1) is 11.6 Å². The van der Waals surface area contributed by atoms with Crippen molar-refractivity contribution < 1.29 is 8.78 Å². The van der Waals surface area contributed by atoms with E-state index in [2.05, 4.69) is 20.8 Å². The Balaban J connectivity index is 2.35. The fourth-order valence-corrected chi connectivity index (χ4v) is 1.88. The molecule has 8 heteroatoms. The summed E-state index contributed by atoms with van der Waals surface area (Å²) in [4.78, 5) is 0. The normalized spacial score (nSPS) is 10.9. The van der Waals surface area contributed by atoms with Crippen LogP contribution in [-0.2, 0) is 6.54 Å². The van der Waals surface area contributed by atoms with E-state index in [9.17, 15) is 8.78 Å². The van der Waals surface area contributed by atoms with Gasteiger partial charge in [-0.05, 0) is 29.5 Å². The van der Waals surface area contributed by atoms with E-state index in [0.29, 0.717) is 12.4 Å². The Morgan fingerprint density at radius 2 is 2.16 bits per heavy atom. The average Bonchev–Trinajstić information content (AvgIpc) is 2.76. The van der Waals surface area contributed by atoms with Crippen molar-refractivity contribution in [2.75, 3.05) is 6.54 Å². The fourth-order valence-electron chi connectivity index (χ4n) is 1.60. The number of nitrogens with zero attached hydrogens (tertiary/aromatic N) is 4. The van der Waals surface area contributed by atoms with Crippen molar-refractivity contribution in [1.82, 2.24) is 25.5 Å². The number of rotatable bonds is 5. The lowest BCUT2D eigenvalue weighted by molar-refractivity contribution is 0.565. The van der Waals surface area contributed by atoms with E-state index in [0.717, 1.165) is 25.1 Å². The molecule has 0 aliphatic heterocycles. The minimum absolute atomic E-state index is 0.0543. The average molecular weight is 288 g/mol. The molecule has 0 amide bonds. The van der Waals surface area contributed by atoms with E-state index >= 15 is 0 Å². The van der Waals surface area contributed by atoms with Gasteiger partial charge in [0, 0.05) is 6.07 Å². The van der Waals surface area contributed by atoms with Crippen LogP contribution in [-0.4, -0.2) is 26.8 Å². The summed E-state index contributed by atoms with van der Waals surface area (Å²) in [5, 5.41) is 14.0. The second-order valence-corrected chi connectivity index (χ2v) is 4.31. The minimum Gasteiger partial charge on any atom is -0.310 e. The highest BCUT2D eigenvalue weighted by Gasteiger charge is 2.17. The van der Waals surface area contributed by atoms with Crippen LogP contribution in [0.3, 0.4) is 0 Å². The zero-order chi connectivity index (χ0) is 13.8. The predicted molar refractivity (Wildman–Crippen MR) is 66.1 cm³/mol. The second kappa shape index (κ2) is 6.03. The molecule has 5 nitrogen and oxygen atoms in total. The molecule has 0 saturated carbocycles. The van der Waals surface area contributed by atoms with Gasteiger partial charge in [-0.1, -0.05) is 18.5 Å². The van der Waals surface area contributed by atoms with E-state index in [1.807, 2.05) is 6.92 Å². The summed E-state index contributed by atoms with van der Waals surface area (Å²) in [7, 11) is 0. The van der Waals surface area contributed by atoms with Gasteiger partial charge in [0.25, 0.3) is 0 Å². The Morgan fingerprint density at radius 1 is 1.37 bits per heavy atom. The molecule has 0 saturated heterocycles. The first-order valence-electron chi connectivity index (χ1n) is 5.76. The molecule has 0 unspecified atom stereocenters. The Morgan fingerprint density at radius 3 is 2.84 bits per heavy atom. The highest BCUT2D eigenvalue weighted by molar-refractivity contribution is 6.32. The molecule has 0 aliphatic carbocycles. The SMILES string of the molecule is CCCNCc1nnnn1-c1c(F)cc(F)cc1Cl. The van der Waals surface area contributed by atoms with Crippen molar-refractivity contribution in [3.05, 3.63) is 34.6 Å². The van der Waals surface area contributed by atoms with Gasteiger partial charge >= 0.3 is 0 Å². The third-order valence-corrected chi connectivity index (χ3v) is 2.73. The molecule has 0 atom stereocenters. The van der Waals surface area contributed by atoms with E-state index in [4.69, 9.17) is 11.6 Å². The van der Waals surface area contributed by atoms with Crippen LogP contribution in [0.15, 0.2) is 12.1 Å². The number of halogens is 3. The lowest BCUT2D eigenvalue weighted by Gasteiger charge is -2.08. The standard InChI is InChI=1S/C11H12ClF2N5/c1-2-3-15-6-10-16-17-18-19(10)11-8(12)4-7(13)5-9(11)14/h4-5,15H,2-3,6H2,1H3. The van der Waals surface area contributed by atoms with Crippen LogP contribution in [0.4, 0.5) is 8.78 Å². The third-order valence-electron chi connectivity index (χ3n) is 2.44. The molecule has 0 radical (unpaired) electrons. The zero-order valence-electron chi connectivity index (χ0n) is 10.2. The molecule has 1 aromatic heterocycles. The Hall–Kier alpha value is -1.60. The molecular weight excluding hydrogens is 276 g/mol. The maximum atomic E-state index is 13.8. The van der Waals surface area contributed by atoms with E-state index < -0.39 is 11.6 Å². The number of benzene rings is 1. The van der Waals surface area contributed by atoms with Crippen LogP contribution < -0.4 is 5.32 Å². The first kappa shape index (κ1) is 13.8. The van der Waals surface area contributed by atoms with Crippen molar-refractivity contribution in [3.8, 4) is 5.69 Å². The molecular formula is C11H12ClF2N5. The lowest BCUT2D eigenvalue weighted by atomic mass is 10.3. The van der Waals surface area contributed by atoms with Crippen LogP contribution in [0.25, 0.3) is 5.69 Å². The van der Waals surface area contributed by atoms with Crippen LogP contribution >= 0.6 is 11.6 Å². The Labute approximate surface area is 113 Å². The number of tetrazole rings is 1. The summed E-state index contributed by atoms with van der Waals surface area (Å²) in [6.07, 6.45) is 0.952. The molecule has 2 aromatic rings. The van der Waals surface area contributed by atoms with Crippen molar-refractivity contribution in [1.29, 1.82) is 0 Å². The zero-order valence-corrected chi connectivity index (χ0v) is 11.0. The predicted octanol–water partition coefficient (Wildman–Crippen LogP) is 2.09. The molecule has 0 aliphatic rings. The van der Waals surface area contributed by atoms with Gasteiger partial charge in [0.1, 0.15) is 11.5 Å². The van der Waals surface area contributed by atoms with Crippen LogP contribution in [0.5, 0.6) is 0 Å². The summed E-state index contributed by atoms with van der Waals surface area (Å²) < 4.78 is 27.9. The van der Waals surface area contributed by atoms with Gasteiger partial charge in [-0.15, -0.1) is 5.10 Å². The minimum atomic E-state index is -0.811. The quantitative estimate of drug-likeness (QED) is 0.856. The number of nitrogens with one attached hydrogen (secondary N) is 1. The molecule has 0 spiro atoms. The molecule has 1 heterocycles. The third kappa shape index (κ3) is 3.05. The molecule has 0 bridgehead atoms. The topological polar surface area (TPSA) is 55.6 Å². The van der Waals surface area contributed by atoms with Gasteiger partial charge in [-0.3, -0.25) is 0 Å². The Kier molecular flexibility index (Phi) is 4.39. The fraction of sp³-hybridized carbons (Fsp3) is 0.364. The van der Waals surface area contributed by atoms with Crippen LogP contribution in [0.2, 0.25) is 5.02 Å². The van der Waals surface area contributed by atoms with Gasteiger partial charge in [0.2, 0.25) is 0 Å². The van der Waals surface area contributed by atoms with Crippen molar-refractivity contribution >= 4 is 11.6 Å². The molecule has 1 N–H and O–H groups in total. The summed E-state index contributed by atoms with van der Waals surface area (Å²) in [6, 6.07) is 1.76. The Bertz CT molecular complexity index is 549. The summed E-state index contributed by atoms with van der Waals surface area (Å²) >= 11 is 5.84. The van der Waals surface area contributed by atoms with Gasteiger partial charge in [-0.25, -0.2) is 8.78 Å².